The lowest BCUT2D eigenvalue weighted by atomic mass is 10.3. The number of carboxylic acids is 1. The van der Waals surface area contributed by atoms with Crippen molar-refractivity contribution in [3.63, 3.8) is 0 Å². The fourth-order valence-corrected chi connectivity index (χ4v) is 2.28. The molecule has 0 saturated carbocycles. The van der Waals surface area contributed by atoms with Crippen LogP contribution in [-0.2, 0) is 9.59 Å². The molecule has 0 bridgehead atoms. The predicted octanol–water partition coefficient (Wildman–Crippen LogP) is 0.0146. The Morgan fingerprint density at radius 2 is 2.06 bits per heavy atom. The third-order valence-corrected chi connectivity index (χ3v) is 3.20. The van der Waals surface area contributed by atoms with Crippen LogP contribution in [0, 0.1) is 0 Å². The van der Waals surface area contributed by atoms with E-state index in [-0.39, 0.29) is 5.91 Å². The SMILES string of the molecule is CSC[C@H](NC(=O)CN1CCCC1)C(=O)O. The number of thioether (sulfide) groups is 1. The number of likely N-dealkylation sites (tertiary alicyclic amines) is 1. The van der Waals surface area contributed by atoms with Crippen molar-refractivity contribution in [2.24, 2.45) is 0 Å². The molecule has 0 unspecified atom stereocenters. The summed E-state index contributed by atoms with van der Waals surface area (Å²) in [5.74, 6) is -0.756. The van der Waals surface area contributed by atoms with E-state index in [0.717, 1.165) is 25.9 Å². The van der Waals surface area contributed by atoms with Gasteiger partial charge in [-0.3, -0.25) is 9.69 Å². The fourth-order valence-electron chi connectivity index (χ4n) is 1.73. The maximum atomic E-state index is 11.6. The summed E-state index contributed by atoms with van der Waals surface area (Å²) >= 11 is 1.41. The van der Waals surface area contributed by atoms with E-state index >= 15 is 0 Å². The zero-order valence-electron chi connectivity index (χ0n) is 9.44. The van der Waals surface area contributed by atoms with Crippen LogP contribution in [0.5, 0.6) is 0 Å². The van der Waals surface area contributed by atoms with Crippen LogP contribution in [0.3, 0.4) is 0 Å². The second-order valence-electron chi connectivity index (χ2n) is 3.90. The lowest BCUT2D eigenvalue weighted by Gasteiger charge is -2.17. The number of hydrogen-bond donors (Lipinski definition) is 2. The fraction of sp³-hybridized carbons (Fsp3) is 0.800. The molecule has 1 heterocycles. The molecular weight excluding hydrogens is 228 g/mol. The predicted molar refractivity (Wildman–Crippen MR) is 63.6 cm³/mol. The van der Waals surface area contributed by atoms with Crippen molar-refractivity contribution in [1.29, 1.82) is 0 Å². The van der Waals surface area contributed by atoms with Crippen LogP contribution in [0.2, 0.25) is 0 Å². The largest absolute Gasteiger partial charge is 0.480 e. The van der Waals surface area contributed by atoms with E-state index in [4.69, 9.17) is 5.11 Å². The minimum Gasteiger partial charge on any atom is -0.480 e. The van der Waals surface area contributed by atoms with Crippen molar-refractivity contribution in [2.75, 3.05) is 31.6 Å². The molecule has 0 radical (unpaired) electrons. The second kappa shape index (κ2) is 6.75. The zero-order chi connectivity index (χ0) is 12.0. The Bertz CT molecular complexity index is 254. The molecule has 5 nitrogen and oxygen atoms in total. The molecule has 2 N–H and O–H groups in total. The summed E-state index contributed by atoms with van der Waals surface area (Å²) in [6, 6.07) is -0.773. The normalized spacial score (nSPS) is 18.3. The van der Waals surface area contributed by atoms with Crippen LogP contribution in [0.25, 0.3) is 0 Å². The summed E-state index contributed by atoms with van der Waals surface area (Å²) in [5.41, 5.74) is 0. The van der Waals surface area contributed by atoms with E-state index in [9.17, 15) is 9.59 Å². The summed E-state index contributed by atoms with van der Waals surface area (Å²) < 4.78 is 0. The van der Waals surface area contributed by atoms with Crippen molar-refractivity contribution in [2.45, 2.75) is 18.9 Å². The molecule has 1 amide bonds. The maximum absolute atomic E-state index is 11.6. The summed E-state index contributed by atoms with van der Waals surface area (Å²) in [6.45, 7) is 2.19. The van der Waals surface area contributed by atoms with E-state index < -0.39 is 12.0 Å². The molecule has 16 heavy (non-hydrogen) atoms. The van der Waals surface area contributed by atoms with Crippen molar-refractivity contribution in [3.8, 4) is 0 Å². The monoisotopic (exact) mass is 246 g/mol. The molecule has 0 aromatic heterocycles. The smallest absolute Gasteiger partial charge is 0.327 e. The van der Waals surface area contributed by atoms with E-state index in [1.807, 2.05) is 11.2 Å². The van der Waals surface area contributed by atoms with Gasteiger partial charge in [-0.15, -0.1) is 0 Å². The first-order valence-corrected chi connectivity index (χ1v) is 6.76. The van der Waals surface area contributed by atoms with Crippen molar-refractivity contribution in [1.82, 2.24) is 10.2 Å². The highest BCUT2D eigenvalue weighted by Gasteiger charge is 2.21. The molecule has 1 atom stereocenters. The Hall–Kier alpha value is -0.750. The topological polar surface area (TPSA) is 69.6 Å². The molecule has 1 aliphatic heterocycles. The minimum absolute atomic E-state index is 0.191. The van der Waals surface area contributed by atoms with Gasteiger partial charge < -0.3 is 10.4 Å². The van der Waals surface area contributed by atoms with Gasteiger partial charge in [0, 0.05) is 5.75 Å². The van der Waals surface area contributed by atoms with E-state index in [1.54, 1.807) is 0 Å². The van der Waals surface area contributed by atoms with Gasteiger partial charge in [0.15, 0.2) is 0 Å². The molecule has 6 heteroatoms. The standard InChI is InChI=1S/C10H18N2O3S/c1-16-7-8(10(14)15)11-9(13)6-12-4-2-3-5-12/h8H,2-7H2,1H3,(H,11,13)(H,14,15)/t8-/m0/s1. The third-order valence-electron chi connectivity index (χ3n) is 2.53. The Morgan fingerprint density at radius 3 is 2.56 bits per heavy atom. The number of hydrogen-bond acceptors (Lipinski definition) is 4. The van der Waals surface area contributed by atoms with Crippen molar-refractivity contribution < 1.29 is 14.7 Å². The van der Waals surface area contributed by atoms with Crippen LogP contribution >= 0.6 is 11.8 Å². The van der Waals surface area contributed by atoms with Gasteiger partial charge in [0.2, 0.25) is 5.91 Å². The number of nitrogens with zero attached hydrogens (tertiary/aromatic N) is 1. The molecule has 0 aliphatic carbocycles. The molecular formula is C10H18N2O3S. The average molecular weight is 246 g/mol. The first-order valence-electron chi connectivity index (χ1n) is 5.37. The van der Waals surface area contributed by atoms with E-state index in [1.165, 1.54) is 11.8 Å². The van der Waals surface area contributed by atoms with Crippen LogP contribution in [0.4, 0.5) is 0 Å². The van der Waals surface area contributed by atoms with Crippen LogP contribution < -0.4 is 5.32 Å². The van der Waals surface area contributed by atoms with Crippen LogP contribution in [0.15, 0.2) is 0 Å². The Labute approximate surface area is 99.6 Å². The first kappa shape index (κ1) is 13.3. The summed E-state index contributed by atoms with van der Waals surface area (Å²) in [4.78, 5) is 24.4. The van der Waals surface area contributed by atoms with E-state index in [2.05, 4.69) is 5.32 Å². The number of carboxylic acid groups (broad SMARTS) is 1. The number of carbonyl (C=O) groups excluding carboxylic acids is 1. The Kier molecular flexibility index (Phi) is 5.62. The van der Waals surface area contributed by atoms with Gasteiger partial charge in [-0.1, -0.05) is 0 Å². The van der Waals surface area contributed by atoms with Crippen molar-refractivity contribution in [3.05, 3.63) is 0 Å². The number of aliphatic carboxylic acids is 1. The molecule has 0 aromatic carbocycles. The lowest BCUT2D eigenvalue weighted by molar-refractivity contribution is -0.141. The summed E-state index contributed by atoms with van der Waals surface area (Å²) in [5, 5.41) is 11.4. The molecule has 92 valence electrons. The molecule has 1 fully saturated rings. The van der Waals surface area contributed by atoms with Crippen molar-refractivity contribution >= 4 is 23.6 Å². The highest BCUT2D eigenvalue weighted by molar-refractivity contribution is 7.98. The van der Waals surface area contributed by atoms with E-state index in [0.29, 0.717) is 12.3 Å². The zero-order valence-corrected chi connectivity index (χ0v) is 10.3. The molecule has 1 saturated heterocycles. The number of rotatable bonds is 6. The Morgan fingerprint density at radius 1 is 1.44 bits per heavy atom. The number of amides is 1. The first-order chi connectivity index (χ1) is 7.63. The van der Waals surface area contributed by atoms with Crippen LogP contribution in [0.1, 0.15) is 12.8 Å². The number of carbonyl (C=O) groups is 2. The van der Waals surface area contributed by atoms with Gasteiger partial charge in [-0.2, -0.15) is 11.8 Å². The molecule has 1 aliphatic rings. The molecule has 0 spiro atoms. The van der Waals surface area contributed by atoms with Gasteiger partial charge in [0.05, 0.1) is 6.54 Å². The number of nitrogens with one attached hydrogen (secondary N) is 1. The maximum Gasteiger partial charge on any atom is 0.327 e. The molecule has 1 rings (SSSR count). The summed E-state index contributed by atoms with van der Waals surface area (Å²) in [7, 11) is 0. The molecule has 0 aromatic rings. The highest BCUT2D eigenvalue weighted by Crippen LogP contribution is 2.06. The quantitative estimate of drug-likeness (QED) is 0.691. The lowest BCUT2D eigenvalue weighted by Crippen LogP contribution is -2.46. The van der Waals surface area contributed by atoms with Gasteiger partial charge in [-0.25, -0.2) is 4.79 Å². The average Bonchev–Trinajstić information content (AvgIpc) is 2.69. The van der Waals surface area contributed by atoms with Gasteiger partial charge in [0.25, 0.3) is 0 Å². The Balaban J connectivity index is 2.32. The second-order valence-corrected chi connectivity index (χ2v) is 4.81. The van der Waals surface area contributed by atoms with Gasteiger partial charge >= 0.3 is 5.97 Å². The van der Waals surface area contributed by atoms with Gasteiger partial charge in [0.1, 0.15) is 6.04 Å². The minimum atomic E-state index is -0.968. The summed E-state index contributed by atoms with van der Waals surface area (Å²) in [6.07, 6.45) is 4.07. The third kappa shape index (κ3) is 4.40. The van der Waals surface area contributed by atoms with Gasteiger partial charge in [-0.05, 0) is 32.2 Å². The van der Waals surface area contributed by atoms with Crippen LogP contribution in [-0.4, -0.2) is 59.6 Å². The highest BCUT2D eigenvalue weighted by atomic mass is 32.2.